The van der Waals surface area contributed by atoms with Gasteiger partial charge in [-0.1, -0.05) is 0 Å². The van der Waals surface area contributed by atoms with E-state index in [0.29, 0.717) is 23.4 Å². The minimum atomic E-state index is 0.0391. The topological polar surface area (TPSA) is 53.7 Å². The number of likely N-dealkylation sites (tertiary alicyclic amines) is 1. The van der Waals surface area contributed by atoms with Crippen LogP contribution in [0.4, 0.5) is 0 Å². The summed E-state index contributed by atoms with van der Waals surface area (Å²) in [5, 5.41) is 4.38. The Labute approximate surface area is 130 Å². The fourth-order valence-electron chi connectivity index (χ4n) is 3.54. The number of likely N-dealkylation sites (N-methyl/N-ethyl adjacent to an activating group) is 1. The molecular weight excluding hydrogens is 334 g/mol. The summed E-state index contributed by atoms with van der Waals surface area (Å²) in [6, 6.07) is 2.42. The number of carbonyl (C=O) groups excluding carboxylic acids is 1. The van der Waals surface area contributed by atoms with Crippen molar-refractivity contribution in [3.05, 3.63) is 28.6 Å². The molecule has 21 heavy (non-hydrogen) atoms. The molecule has 0 saturated carbocycles. The number of rotatable bonds is 1. The van der Waals surface area contributed by atoms with Crippen LogP contribution in [0.25, 0.3) is 5.65 Å². The molecular formula is C14H16BrN5O. The SMILES string of the molecule is CN1CC2CCC(C1)N2C(=O)c1cc2ncc(Br)cn2n1. The molecule has 0 N–H and O–H groups in total. The van der Waals surface area contributed by atoms with E-state index in [9.17, 15) is 4.79 Å². The third-order valence-electron chi connectivity index (χ3n) is 4.40. The van der Waals surface area contributed by atoms with E-state index in [1.165, 1.54) is 0 Å². The molecule has 2 atom stereocenters. The lowest BCUT2D eigenvalue weighted by Gasteiger charge is -2.39. The highest BCUT2D eigenvalue weighted by atomic mass is 79.9. The Bertz CT molecular complexity index is 700. The highest BCUT2D eigenvalue weighted by molar-refractivity contribution is 9.10. The second-order valence-electron chi connectivity index (χ2n) is 5.92. The minimum absolute atomic E-state index is 0.0391. The summed E-state index contributed by atoms with van der Waals surface area (Å²) in [4.78, 5) is 21.4. The molecule has 0 aromatic carbocycles. The number of aromatic nitrogens is 3. The van der Waals surface area contributed by atoms with Gasteiger partial charge in [0.05, 0.1) is 4.47 Å². The number of nitrogens with zero attached hydrogens (tertiary/aromatic N) is 5. The fourth-order valence-corrected chi connectivity index (χ4v) is 3.83. The van der Waals surface area contributed by atoms with Gasteiger partial charge in [0.2, 0.25) is 0 Å². The van der Waals surface area contributed by atoms with Crippen LogP contribution in [0.3, 0.4) is 0 Å². The molecule has 2 aromatic heterocycles. The molecule has 4 rings (SSSR count). The number of fused-ring (bicyclic) bond motifs is 3. The maximum atomic E-state index is 12.8. The van der Waals surface area contributed by atoms with Gasteiger partial charge in [-0.2, -0.15) is 5.10 Å². The van der Waals surface area contributed by atoms with Crippen molar-refractivity contribution in [3.8, 4) is 0 Å². The zero-order chi connectivity index (χ0) is 14.6. The molecule has 2 unspecified atom stereocenters. The lowest BCUT2D eigenvalue weighted by molar-refractivity contribution is 0.0466. The van der Waals surface area contributed by atoms with Crippen molar-refractivity contribution in [2.75, 3.05) is 20.1 Å². The predicted octanol–water partition coefficient (Wildman–Crippen LogP) is 1.41. The molecule has 0 spiro atoms. The highest BCUT2D eigenvalue weighted by Crippen LogP contribution is 2.30. The van der Waals surface area contributed by atoms with Gasteiger partial charge in [-0.25, -0.2) is 9.50 Å². The van der Waals surface area contributed by atoms with Crippen molar-refractivity contribution in [1.29, 1.82) is 0 Å². The number of hydrogen-bond donors (Lipinski definition) is 0. The molecule has 7 heteroatoms. The number of carbonyl (C=O) groups is 1. The van der Waals surface area contributed by atoms with Gasteiger partial charge in [-0.05, 0) is 35.8 Å². The third-order valence-corrected chi connectivity index (χ3v) is 4.81. The van der Waals surface area contributed by atoms with Crippen LogP contribution in [0.5, 0.6) is 0 Å². The summed E-state index contributed by atoms with van der Waals surface area (Å²) >= 11 is 3.37. The van der Waals surface area contributed by atoms with Gasteiger partial charge >= 0.3 is 0 Å². The maximum Gasteiger partial charge on any atom is 0.275 e. The summed E-state index contributed by atoms with van der Waals surface area (Å²) < 4.78 is 2.49. The van der Waals surface area contributed by atoms with Crippen molar-refractivity contribution in [1.82, 2.24) is 24.4 Å². The van der Waals surface area contributed by atoms with E-state index in [-0.39, 0.29) is 5.91 Å². The van der Waals surface area contributed by atoms with Crippen LogP contribution < -0.4 is 0 Å². The Morgan fingerprint density at radius 1 is 1.33 bits per heavy atom. The Hall–Kier alpha value is -1.47. The van der Waals surface area contributed by atoms with E-state index in [4.69, 9.17) is 0 Å². The van der Waals surface area contributed by atoms with Crippen LogP contribution in [-0.4, -0.2) is 62.5 Å². The Morgan fingerprint density at radius 3 is 2.76 bits per heavy atom. The zero-order valence-corrected chi connectivity index (χ0v) is 13.3. The van der Waals surface area contributed by atoms with Crippen LogP contribution in [0.1, 0.15) is 23.3 Å². The van der Waals surface area contributed by atoms with Gasteiger partial charge in [-0.15, -0.1) is 0 Å². The summed E-state index contributed by atoms with van der Waals surface area (Å²) in [5.41, 5.74) is 1.19. The largest absolute Gasteiger partial charge is 0.329 e. The summed E-state index contributed by atoms with van der Waals surface area (Å²) in [7, 11) is 2.12. The smallest absolute Gasteiger partial charge is 0.275 e. The quantitative estimate of drug-likeness (QED) is 0.781. The molecule has 2 aliphatic heterocycles. The van der Waals surface area contributed by atoms with E-state index in [2.05, 4.69) is 38.0 Å². The number of halogens is 1. The third kappa shape index (κ3) is 2.15. The van der Waals surface area contributed by atoms with Gasteiger partial charge in [-0.3, -0.25) is 4.79 Å². The molecule has 0 radical (unpaired) electrons. The van der Waals surface area contributed by atoms with E-state index < -0.39 is 0 Å². The number of amides is 1. The zero-order valence-electron chi connectivity index (χ0n) is 11.7. The van der Waals surface area contributed by atoms with Gasteiger partial charge in [0.1, 0.15) is 0 Å². The fraction of sp³-hybridized carbons (Fsp3) is 0.500. The van der Waals surface area contributed by atoms with Crippen molar-refractivity contribution in [2.24, 2.45) is 0 Å². The average molecular weight is 350 g/mol. The van der Waals surface area contributed by atoms with E-state index in [0.717, 1.165) is 30.4 Å². The molecule has 110 valence electrons. The lowest BCUT2D eigenvalue weighted by atomic mass is 10.2. The Balaban J connectivity index is 1.67. The first-order valence-electron chi connectivity index (χ1n) is 7.14. The first-order valence-corrected chi connectivity index (χ1v) is 7.93. The molecule has 2 bridgehead atoms. The lowest BCUT2D eigenvalue weighted by Crippen LogP contribution is -2.54. The molecule has 2 fully saturated rings. The van der Waals surface area contributed by atoms with Crippen molar-refractivity contribution < 1.29 is 4.79 Å². The van der Waals surface area contributed by atoms with Crippen molar-refractivity contribution in [2.45, 2.75) is 24.9 Å². The first kappa shape index (κ1) is 13.2. The second kappa shape index (κ2) is 4.78. The van der Waals surface area contributed by atoms with Crippen LogP contribution in [-0.2, 0) is 0 Å². The van der Waals surface area contributed by atoms with E-state index in [1.54, 1.807) is 16.8 Å². The van der Waals surface area contributed by atoms with E-state index in [1.807, 2.05) is 11.1 Å². The minimum Gasteiger partial charge on any atom is -0.329 e. The predicted molar refractivity (Wildman–Crippen MR) is 81.2 cm³/mol. The summed E-state index contributed by atoms with van der Waals surface area (Å²) in [5.74, 6) is 0.0391. The highest BCUT2D eigenvalue weighted by Gasteiger charge is 2.42. The molecule has 2 aliphatic rings. The number of piperazine rings is 1. The summed E-state index contributed by atoms with van der Waals surface area (Å²) in [6.07, 6.45) is 5.72. The van der Waals surface area contributed by atoms with Gasteiger partial charge in [0.25, 0.3) is 5.91 Å². The molecule has 2 aromatic rings. The average Bonchev–Trinajstić information content (AvgIpc) is 2.97. The first-order chi connectivity index (χ1) is 10.1. The van der Waals surface area contributed by atoms with Crippen LogP contribution in [0, 0.1) is 0 Å². The normalized spacial score (nSPS) is 25.7. The van der Waals surface area contributed by atoms with E-state index >= 15 is 0 Å². The molecule has 6 nitrogen and oxygen atoms in total. The van der Waals surface area contributed by atoms with Crippen LogP contribution in [0.2, 0.25) is 0 Å². The second-order valence-corrected chi connectivity index (χ2v) is 6.84. The summed E-state index contributed by atoms with van der Waals surface area (Å²) in [6.45, 7) is 1.92. The van der Waals surface area contributed by atoms with Gasteiger partial charge in [0, 0.05) is 43.6 Å². The van der Waals surface area contributed by atoms with Crippen molar-refractivity contribution in [3.63, 3.8) is 0 Å². The molecule has 4 heterocycles. The molecule has 0 aliphatic carbocycles. The van der Waals surface area contributed by atoms with Gasteiger partial charge in [0.15, 0.2) is 11.3 Å². The monoisotopic (exact) mass is 349 g/mol. The maximum absolute atomic E-state index is 12.8. The molecule has 1 amide bonds. The Morgan fingerprint density at radius 2 is 2.05 bits per heavy atom. The van der Waals surface area contributed by atoms with Crippen LogP contribution >= 0.6 is 15.9 Å². The van der Waals surface area contributed by atoms with Crippen LogP contribution in [0.15, 0.2) is 22.9 Å². The molecule has 2 saturated heterocycles. The standard InChI is InChI=1S/C14H16BrN5O/c1-18-7-10-2-3-11(8-18)20(10)14(21)12-4-13-16-5-9(15)6-19(13)17-12/h4-6,10-11H,2-3,7-8H2,1H3. The van der Waals surface area contributed by atoms with Gasteiger partial charge < -0.3 is 9.80 Å². The van der Waals surface area contributed by atoms with Crippen molar-refractivity contribution >= 4 is 27.5 Å². The number of hydrogen-bond acceptors (Lipinski definition) is 4. The Kier molecular flexibility index (Phi) is 3.00.